The monoisotopic (exact) mass is 318 g/mol. The largest absolute Gasteiger partial charge is 0.361 e. The zero-order valence-corrected chi connectivity index (χ0v) is 13.1. The van der Waals surface area contributed by atoms with Gasteiger partial charge in [0.15, 0.2) is 4.34 Å². The van der Waals surface area contributed by atoms with Gasteiger partial charge in [-0.3, -0.25) is 4.79 Å². The highest BCUT2D eigenvalue weighted by Gasteiger charge is 2.11. The summed E-state index contributed by atoms with van der Waals surface area (Å²) in [6, 6.07) is 7.94. The van der Waals surface area contributed by atoms with Crippen molar-refractivity contribution < 1.29 is 4.79 Å². The topological polar surface area (TPSA) is 70.7 Å². The SMILES string of the molecule is CCSc1nnc(NC(=O)Cc2c[nH]c3ccccc23)s1. The molecule has 1 aromatic carbocycles. The average Bonchev–Trinajstić information content (AvgIpc) is 3.07. The Balaban J connectivity index is 1.68. The van der Waals surface area contributed by atoms with Gasteiger partial charge in [0.1, 0.15) is 0 Å². The van der Waals surface area contributed by atoms with Gasteiger partial charge in [-0.2, -0.15) is 0 Å². The van der Waals surface area contributed by atoms with Gasteiger partial charge in [-0.1, -0.05) is 48.2 Å². The van der Waals surface area contributed by atoms with Crippen LogP contribution in [0.3, 0.4) is 0 Å². The number of hydrogen-bond acceptors (Lipinski definition) is 5. The minimum atomic E-state index is -0.0797. The minimum Gasteiger partial charge on any atom is -0.361 e. The summed E-state index contributed by atoms with van der Waals surface area (Å²) in [5.74, 6) is 0.863. The quantitative estimate of drug-likeness (QED) is 0.559. The Labute approximate surface area is 130 Å². The number of aromatic nitrogens is 3. The van der Waals surface area contributed by atoms with Crippen molar-refractivity contribution in [3.63, 3.8) is 0 Å². The van der Waals surface area contributed by atoms with E-state index in [1.54, 1.807) is 11.8 Å². The molecule has 2 aromatic heterocycles. The molecule has 2 N–H and O–H groups in total. The number of H-pyrrole nitrogens is 1. The van der Waals surface area contributed by atoms with Gasteiger partial charge >= 0.3 is 0 Å². The fraction of sp³-hybridized carbons (Fsp3) is 0.214. The molecule has 108 valence electrons. The Morgan fingerprint density at radius 2 is 2.24 bits per heavy atom. The third kappa shape index (κ3) is 3.25. The maximum absolute atomic E-state index is 12.1. The van der Waals surface area contributed by atoms with Gasteiger partial charge in [0.25, 0.3) is 0 Å². The second kappa shape index (κ2) is 6.28. The first-order valence-corrected chi connectivity index (χ1v) is 8.37. The number of nitrogens with one attached hydrogen (secondary N) is 2. The standard InChI is InChI=1S/C14H14N4OS2/c1-2-20-14-18-17-13(21-14)16-12(19)7-9-8-15-11-6-4-3-5-10(9)11/h3-6,8,15H,2,7H2,1H3,(H,16,17,19). The first kappa shape index (κ1) is 14.1. The highest BCUT2D eigenvalue weighted by Crippen LogP contribution is 2.25. The summed E-state index contributed by atoms with van der Waals surface area (Å²) in [6.07, 6.45) is 2.20. The zero-order chi connectivity index (χ0) is 14.7. The number of fused-ring (bicyclic) bond motifs is 1. The van der Waals surface area contributed by atoms with Gasteiger partial charge in [0, 0.05) is 17.1 Å². The van der Waals surface area contributed by atoms with E-state index >= 15 is 0 Å². The molecule has 0 saturated carbocycles. The lowest BCUT2D eigenvalue weighted by molar-refractivity contribution is -0.115. The molecule has 5 nitrogen and oxygen atoms in total. The van der Waals surface area contributed by atoms with Crippen LogP contribution in [-0.2, 0) is 11.2 Å². The molecule has 0 saturated heterocycles. The van der Waals surface area contributed by atoms with Crippen molar-refractivity contribution in [2.75, 3.05) is 11.1 Å². The van der Waals surface area contributed by atoms with Crippen molar-refractivity contribution >= 4 is 45.0 Å². The Morgan fingerprint density at radius 3 is 3.10 bits per heavy atom. The maximum Gasteiger partial charge on any atom is 0.230 e. The molecule has 0 fully saturated rings. The van der Waals surface area contributed by atoms with Crippen LogP contribution in [0.25, 0.3) is 10.9 Å². The first-order valence-electron chi connectivity index (χ1n) is 6.57. The number of anilines is 1. The highest BCUT2D eigenvalue weighted by atomic mass is 32.2. The van der Waals surface area contributed by atoms with E-state index in [-0.39, 0.29) is 5.91 Å². The van der Waals surface area contributed by atoms with E-state index < -0.39 is 0 Å². The fourth-order valence-electron chi connectivity index (χ4n) is 2.06. The molecular weight excluding hydrogens is 304 g/mol. The van der Waals surface area contributed by atoms with E-state index in [2.05, 4.69) is 27.4 Å². The van der Waals surface area contributed by atoms with E-state index in [0.29, 0.717) is 11.6 Å². The van der Waals surface area contributed by atoms with Crippen molar-refractivity contribution in [3.05, 3.63) is 36.0 Å². The molecule has 0 aliphatic heterocycles. The number of carbonyl (C=O) groups is 1. The lowest BCUT2D eigenvalue weighted by atomic mass is 10.1. The Kier molecular flexibility index (Phi) is 4.21. The molecule has 0 spiro atoms. The summed E-state index contributed by atoms with van der Waals surface area (Å²) in [5.41, 5.74) is 2.02. The Morgan fingerprint density at radius 1 is 1.38 bits per heavy atom. The van der Waals surface area contributed by atoms with Crippen molar-refractivity contribution in [1.29, 1.82) is 0 Å². The third-order valence-electron chi connectivity index (χ3n) is 2.95. The zero-order valence-electron chi connectivity index (χ0n) is 11.4. The summed E-state index contributed by atoms with van der Waals surface area (Å²) >= 11 is 3.02. The average molecular weight is 318 g/mol. The molecule has 3 rings (SSSR count). The van der Waals surface area contributed by atoms with E-state index in [4.69, 9.17) is 0 Å². The molecule has 0 unspecified atom stereocenters. The van der Waals surface area contributed by atoms with Gasteiger partial charge in [0.2, 0.25) is 11.0 Å². The predicted octanol–water partition coefficient (Wildman–Crippen LogP) is 3.31. The van der Waals surface area contributed by atoms with Gasteiger partial charge in [0.05, 0.1) is 6.42 Å². The summed E-state index contributed by atoms with van der Waals surface area (Å²) in [4.78, 5) is 15.3. The van der Waals surface area contributed by atoms with Crippen molar-refractivity contribution in [2.24, 2.45) is 0 Å². The minimum absolute atomic E-state index is 0.0797. The lowest BCUT2D eigenvalue weighted by Crippen LogP contribution is -2.14. The molecule has 0 atom stereocenters. The van der Waals surface area contributed by atoms with Crippen LogP contribution in [0.5, 0.6) is 0 Å². The Bertz CT molecular complexity index is 765. The fourth-order valence-corrected chi connectivity index (χ4v) is 3.72. The smallest absolute Gasteiger partial charge is 0.230 e. The summed E-state index contributed by atoms with van der Waals surface area (Å²) in [7, 11) is 0. The van der Waals surface area contributed by atoms with Gasteiger partial charge < -0.3 is 10.3 Å². The summed E-state index contributed by atoms with van der Waals surface area (Å²) in [6.45, 7) is 2.06. The van der Waals surface area contributed by atoms with Crippen molar-refractivity contribution in [2.45, 2.75) is 17.7 Å². The van der Waals surface area contributed by atoms with Crippen LogP contribution in [0.15, 0.2) is 34.8 Å². The predicted molar refractivity (Wildman–Crippen MR) is 86.9 cm³/mol. The number of thioether (sulfide) groups is 1. The summed E-state index contributed by atoms with van der Waals surface area (Å²) < 4.78 is 0.875. The number of para-hydroxylation sites is 1. The number of benzene rings is 1. The first-order chi connectivity index (χ1) is 10.3. The van der Waals surface area contributed by atoms with Gasteiger partial charge in [-0.15, -0.1) is 10.2 Å². The highest BCUT2D eigenvalue weighted by molar-refractivity contribution is 8.01. The molecule has 21 heavy (non-hydrogen) atoms. The lowest BCUT2D eigenvalue weighted by Gasteiger charge is -2.00. The van der Waals surface area contributed by atoms with Crippen molar-refractivity contribution in [3.8, 4) is 0 Å². The van der Waals surface area contributed by atoms with Crippen LogP contribution in [0.1, 0.15) is 12.5 Å². The maximum atomic E-state index is 12.1. The molecule has 0 aliphatic carbocycles. The molecule has 1 amide bonds. The number of rotatable bonds is 5. The van der Waals surface area contributed by atoms with Crippen LogP contribution in [0, 0.1) is 0 Å². The van der Waals surface area contributed by atoms with E-state index in [0.717, 1.165) is 26.6 Å². The van der Waals surface area contributed by atoms with Crippen LogP contribution in [0.2, 0.25) is 0 Å². The van der Waals surface area contributed by atoms with E-state index in [9.17, 15) is 4.79 Å². The molecule has 0 aliphatic rings. The molecule has 0 radical (unpaired) electrons. The third-order valence-corrected chi connectivity index (χ3v) is 4.80. The van der Waals surface area contributed by atoms with Crippen LogP contribution < -0.4 is 5.32 Å². The molecule has 3 aromatic rings. The van der Waals surface area contributed by atoms with Gasteiger partial charge in [-0.05, 0) is 17.4 Å². The second-order valence-corrected chi connectivity index (χ2v) is 6.88. The normalized spacial score (nSPS) is 10.9. The van der Waals surface area contributed by atoms with Crippen molar-refractivity contribution in [1.82, 2.24) is 15.2 Å². The Hall–Kier alpha value is -1.86. The molecule has 7 heteroatoms. The van der Waals surface area contributed by atoms with Gasteiger partial charge in [-0.25, -0.2) is 0 Å². The molecule has 2 heterocycles. The summed E-state index contributed by atoms with van der Waals surface area (Å²) in [5, 5.41) is 12.4. The second-order valence-electron chi connectivity index (χ2n) is 4.39. The number of nitrogens with zero attached hydrogens (tertiary/aromatic N) is 2. The van der Waals surface area contributed by atoms with E-state index in [1.165, 1.54) is 11.3 Å². The van der Waals surface area contributed by atoms with Crippen LogP contribution in [-0.4, -0.2) is 26.8 Å². The van der Waals surface area contributed by atoms with Crippen LogP contribution >= 0.6 is 23.1 Å². The van der Waals surface area contributed by atoms with Crippen LogP contribution in [0.4, 0.5) is 5.13 Å². The molecule has 0 bridgehead atoms. The molecular formula is C14H14N4OS2. The number of hydrogen-bond donors (Lipinski definition) is 2. The number of carbonyl (C=O) groups excluding carboxylic acids is 1. The van der Waals surface area contributed by atoms with E-state index in [1.807, 2.05) is 30.5 Å². The number of aromatic amines is 1. The number of amides is 1.